The van der Waals surface area contributed by atoms with Gasteiger partial charge in [0.25, 0.3) is 5.91 Å². The first kappa shape index (κ1) is 48.7. The van der Waals surface area contributed by atoms with Crippen LogP contribution >= 0.6 is 0 Å². The van der Waals surface area contributed by atoms with Gasteiger partial charge in [0.2, 0.25) is 17.7 Å². The van der Waals surface area contributed by atoms with E-state index in [1.165, 1.54) is 21.9 Å². The van der Waals surface area contributed by atoms with Gasteiger partial charge in [0.15, 0.2) is 0 Å². The van der Waals surface area contributed by atoms with Gasteiger partial charge >= 0.3 is 5.97 Å². The average Bonchev–Trinajstić information content (AvgIpc) is 3.58. The molecule has 350 valence electrons. The zero-order valence-corrected chi connectivity index (χ0v) is 39.7. The average molecular weight is 894 g/mol. The van der Waals surface area contributed by atoms with Crippen LogP contribution in [0.1, 0.15) is 84.4 Å². The molecule has 15 heteroatoms. The SMILES string of the molecule is CC[C@H](C)C(=O)N(C)CC(=O)N(C)C(C(=O)N[C@H]1Cc2cc(O)cc(c2)-c2ccc3c(c2)c(c(-c2cnccc2COC)n3CC)CC(C)(C)COC(=O)[C@@H]2CCCN(N2)C1=O)C(C)C. The molecule has 0 aliphatic carbocycles. The summed E-state index contributed by atoms with van der Waals surface area (Å²) in [6.07, 6.45) is 5.73. The molecule has 2 aromatic carbocycles. The molecule has 0 radical (unpaired) electrons. The second-order valence-corrected chi connectivity index (χ2v) is 18.9. The summed E-state index contributed by atoms with van der Waals surface area (Å²) in [5.74, 6) is -2.77. The minimum Gasteiger partial charge on any atom is -0.508 e. The van der Waals surface area contributed by atoms with Crippen molar-refractivity contribution in [2.45, 2.75) is 112 Å². The highest BCUT2D eigenvalue weighted by atomic mass is 16.5. The topological polar surface area (TPSA) is 176 Å². The third-order valence-electron chi connectivity index (χ3n) is 12.8. The van der Waals surface area contributed by atoms with Crippen molar-refractivity contribution in [3.8, 4) is 28.1 Å². The van der Waals surface area contributed by atoms with Gasteiger partial charge in [-0.1, -0.05) is 53.7 Å². The van der Waals surface area contributed by atoms with Crippen LogP contribution < -0.4 is 10.7 Å². The van der Waals surface area contributed by atoms with E-state index in [1.54, 1.807) is 32.5 Å². The number of rotatable bonds is 12. The molecule has 65 heavy (non-hydrogen) atoms. The number of fused-ring (bicyclic) bond motifs is 6. The number of benzene rings is 2. The Labute approximate surface area is 382 Å². The normalized spacial score (nSPS) is 18.7. The number of carbonyl (C=O) groups is 5. The number of esters is 1. The number of ether oxygens (including phenoxy) is 2. The molecule has 4 amide bonds. The molecule has 1 saturated heterocycles. The van der Waals surface area contributed by atoms with Gasteiger partial charge in [-0.15, -0.1) is 0 Å². The number of methoxy groups -OCH3 is 1. The number of likely N-dealkylation sites (N-methyl/N-ethyl adjacent to an activating group) is 2. The Morgan fingerprint density at radius 2 is 1.82 bits per heavy atom. The second kappa shape index (κ2) is 20.6. The summed E-state index contributed by atoms with van der Waals surface area (Å²) >= 11 is 0. The first-order valence-corrected chi connectivity index (χ1v) is 22.8. The number of amides is 4. The number of aryl methyl sites for hydroxylation is 1. The Hall–Kier alpha value is -5.80. The molecule has 4 aromatic rings. The van der Waals surface area contributed by atoms with Crippen LogP contribution in [0.25, 0.3) is 33.3 Å². The highest BCUT2D eigenvalue weighted by Gasteiger charge is 2.38. The number of phenols is 1. The number of hydrazine groups is 1. The van der Waals surface area contributed by atoms with Crippen LogP contribution in [-0.2, 0) is 59.4 Å². The summed E-state index contributed by atoms with van der Waals surface area (Å²) in [5.41, 5.74) is 9.69. The predicted molar refractivity (Wildman–Crippen MR) is 249 cm³/mol. The number of cyclic esters (lactones) is 1. The van der Waals surface area contributed by atoms with E-state index in [0.29, 0.717) is 50.0 Å². The van der Waals surface area contributed by atoms with E-state index in [0.717, 1.165) is 38.9 Å². The van der Waals surface area contributed by atoms with Gasteiger partial charge in [0.1, 0.15) is 23.9 Å². The van der Waals surface area contributed by atoms with Crippen molar-refractivity contribution in [1.82, 2.24) is 35.1 Å². The standard InChI is InChI=1S/C50H67N7O8/c1-11-31(5)47(61)54(8)27-43(59)55(9)44(30(3)4)46(60)52-41-22-32-20-35(23-36(58)21-32)33-15-16-42-37(24-33)38(45(56(42)12-2)39-26-51-18-17-34(39)28-64-10)25-50(6,7)29-65-49(63)40-14-13-19-57(53-40)48(41)62/h15-18,20-21,23-24,26,30-31,40-41,44,53,58H,11-14,19,22,25,27-29H2,1-10H3,(H,52,60)/t31-,40-,41-,44?/m0/s1. The molecule has 2 aromatic heterocycles. The van der Waals surface area contributed by atoms with Gasteiger partial charge in [-0.2, -0.15) is 0 Å². The Morgan fingerprint density at radius 3 is 2.51 bits per heavy atom. The largest absolute Gasteiger partial charge is 0.508 e. The molecule has 0 saturated carbocycles. The quantitative estimate of drug-likeness (QED) is 0.146. The summed E-state index contributed by atoms with van der Waals surface area (Å²) in [6.45, 7) is 14.8. The van der Waals surface area contributed by atoms with Gasteiger partial charge in [0, 0.05) is 80.9 Å². The fourth-order valence-electron chi connectivity index (χ4n) is 9.21. The van der Waals surface area contributed by atoms with Crippen molar-refractivity contribution in [1.29, 1.82) is 0 Å². The predicted octanol–water partition coefficient (Wildman–Crippen LogP) is 5.88. The van der Waals surface area contributed by atoms with Crippen LogP contribution in [-0.4, -0.2) is 118 Å². The maximum absolute atomic E-state index is 14.7. The number of nitrogens with zero attached hydrogens (tertiary/aromatic N) is 5. The first-order chi connectivity index (χ1) is 30.9. The molecule has 2 aliphatic rings. The Kier molecular flexibility index (Phi) is 15.4. The van der Waals surface area contributed by atoms with Crippen molar-refractivity contribution in [2.75, 3.05) is 40.9 Å². The smallest absolute Gasteiger partial charge is 0.324 e. The molecule has 1 fully saturated rings. The van der Waals surface area contributed by atoms with Crippen LogP contribution in [0.4, 0.5) is 0 Å². The number of pyridine rings is 1. The molecule has 3 N–H and O–H groups in total. The number of phenolic OH excluding ortho intramolecular Hbond substituents is 1. The zero-order chi connectivity index (χ0) is 47.3. The Bertz CT molecular complexity index is 2410. The number of hydrogen-bond acceptors (Lipinski definition) is 10. The van der Waals surface area contributed by atoms with E-state index in [2.05, 4.69) is 53.2 Å². The van der Waals surface area contributed by atoms with Gasteiger partial charge in [-0.3, -0.25) is 34.0 Å². The number of aromatic hydroxyl groups is 1. The lowest BCUT2D eigenvalue weighted by Gasteiger charge is -2.37. The molecule has 1 unspecified atom stereocenters. The van der Waals surface area contributed by atoms with Crippen LogP contribution in [0, 0.1) is 17.3 Å². The van der Waals surface area contributed by atoms with Crippen LogP contribution in [0.2, 0.25) is 0 Å². The monoisotopic (exact) mass is 894 g/mol. The van der Waals surface area contributed by atoms with E-state index < -0.39 is 47.2 Å². The molecular weight excluding hydrogens is 827 g/mol. The molecule has 6 rings (SSSR count). The van der Waals surface area contributed by atoms with Crippen molar-refractivity contribution < 1.29 is 38.6 Å². The van der Waals surface area contributed by atoms with Gasteiger partial charge in [0.05, 0.1) is 25.5 Å². The maximum Gasteiger partial charge on any atom is 0.324 e. The molecule has 6 bridgehead atoms. The lowest BCUT2D eigenvalue weighted by molar-refractivity contribution is -0.155. The van der Waals surface area contributed by atoms with E-state index in [4.69, 9.17) is 9.47 Å². The maximum atomic E-state index is 14.7. The summed E-state index contributed by atoms with van der Waals surface area (Å²) in [5, 5.41) is 16.6. The highest BCUT2D eigenvalue weighted by molar-refractivity contribution is 5.96. The Balaban J connectivity index is 1.44. The fourth-order valence-corrected chi connectivity index (χ4v) is 9.21. The fraction of sp³-hybridized carbons (Fsp3) is 0.520. The van der Waals surface area contributed by atoms with Crippen LogP contribution in [0.3, 0.4) is 0 Å². The molecule has 4 atom stereocenters. The minimum atomic E-state index is -1.17. The van der Waals surface area contributed by atoms with Gasteiger partial charge in [-0.25, -0.2) is 5.43 Å². The summed E-state index contributed by atoms with van der Waals surface area (Å²) < 4.78 is 14.0. The molecule has 4 heterocycles. The first-order valence-electron chi connectivity index (χ1n) is 22.8. The van der Waals surface area contributed by atoms with E-state index >= 15 is 0 Å². The van der Waals surface area contributed by atoms with Crippen LogP contribution in [0.15, 0.2) is 54.9 Å². The highest BCUT2D eigenvalue weighted by Crippen LogP contribution is 2.41. The van der Waals surface area contributed by atoms with Crippen LogP contribution in [0.5, 0.6) is 5.75 Å². The van der Waals surface area contributed by atoms with Crippen molar-refractivity contribution in [3.63, 3.8) is 0 Å². The van der Waals surface area contributed by atoms with E-state index in [9.17, 15) is 29.1 Å². The number of aromatic nitrogens is 2. The molecular formula is C50H67N7O8. The molecule has 15 nitrogen and oxygen atoms in total. The van der Waals surface area contributed by atoms with E-state index in [-0.39, 0.29) is 49.6 Å². The minimum absolute atomic E-state index is 0.0161. The lowest BCUT2D eigenvalue weighted by Crippen LogP contribution is -2.62. The number of hydrogen-bond donors (Lipinski definition) is 3. The number of carbonyl (C=O) groups excluding carboxylic acids is 5. The molecule has 0 spiro atoms. The third-order valence-corrected chi connectivity index (χ3v) is 12.8. The van der Waals surface area contributed by atoms with Crippen molar-refractivity contribution >= 4 is 40.5 Å². The summed E-state index contributed by atoms with van der Waals surface area (Å²) in [7, 11) is 4.77. The lowest BCUT2D eigenvalue weighted by atomic mass is 9.84. The molecule has 2 aliphatic heterocycles. The Morgan fingerprint density at radius 1 is 1.06 bits per heavy atom. The number of nitrogens with one attached hydrogen (secondary N) is 2. The van der Waals surface area contributed by atoms with Crippen molar-refractivity contribution in [2.24, 2.45) is 17.3 Å². The van der Waals surface area contributed by atoms with Gasteiger partial charge < -0.3 is 34.3 Å². The van der Waals surface area contributed by atoms with E-state index in [1.807, 2.05) is 52.1 Å². The summed E-state index contributed by atoms with van der Waals surface area (Å²) in [6, 6.07) is 10.4. The zero-order valence-electron chi connectivity index (χ0n) is 39.7. The van der Waals surface area contributed by atoms with Gasteiger partial charge in [-0.05, 0) is 96.7 Å². The summed E-state index contributed by atoms with van der Waals surface area (Å²) in [4.78, 5) is 76.7. The third kappa shape index (κ3) is 10.8. The second-order valence-electron chi connectivity index (χ2n) is 18.9. The van der Waals surface area contributed by atoms with Crippen molar-refractivity contribution in [3.05, 3.63) is 71.5 Å².